The zero-order valence-electron chi connectivity index (χ0n) is 17.2. The average molecular weight is 394 g/mol. The van der Waals surface area contributed by atoms with Gasteiger partial charge in [-0.2, -0.15) is 0 Å². The number of nitro groups is 1. The van der Waals surface area contributed by atoms with Crippen molar-refractivity contribution in [3.8, 4) is 0 Å². The number of benzene rings is 2. The quantitative estimate of drug-likeness (QED) is 0.291. The molecule has 0 saturated heterocycles. The molecule has 0 bridgehead atoms. The van der Waals surface area contributed by atoms with Crippen molar-refractivity contribution in [3.05, 3.63) is 81.9 Å². The normalized spacial score (nSPS) is 18.0. The fraction of sp³-hybridized carbons (Fsp3) is 0.480. The number of rotatable bonds is 9. The minimum absolute atomic E-state index is 0.0178. The van der Waals surface area contributed by atoms with E-state index in [9.17, 15) is 14.9 Å². The van der Waals surface area contributed by atoms with Crippen molar-refractivity contribution in [1.29, 1.82) is 0 Å². The maximum Gasteiger partial charge on any atom is 0.207 e. The van der Waals surface area contributed by atoms with Crippen molar-refractivity contribution in [2.75, 3.05) is 6.54 Å². The van der Waals surface area contributed by atoms with Crippen molar-refractivity contribution in [2.45, 2.75) is 51.4 Å². The largest absolute Gasteiger partial charge is 0.294 e. The number of Topliss-reactive ketones (excluding diaryl/α,β-unsaturated/α-hetero) is 1. The second-order valence-electron chi connectivity index (χ2n) is 8.26. The predicted octanol–water partition coefficient (Wildman–Crippen LogP) is 6.15. The fourth-order valence-corrected chi connectivity index (χ4v) is 5.16. The molecular weight excluding hydrogens is 362 g/mol. The molecule has 0 spiro atoms. The highest BCUT2D eigenvalue weighted by atomic mass is 16.6. The third kappa shape index (κ3) is 5.31. The van der Waals surface area contributed by atoms with Gasteiger partial charge in [-0.3, -0.25) is 14.9 Å². The van der Waals surface area contributed by atoms with Crippen molar-refractivity contribution >= 4 is 5.78 Å². The number of nitrogens with zero attached hydrogens (tertiary/aromatic N) is 1. The molecule has 0 aromatic heterocycles. The van der Waals surface area contributed by atoms with Crippen LogP contribution in [0.5, 0.6) is 0 Å². The van der Waals surface area contributed by atoms with Gasteiger partial charge in [0.1, 0.15) is 0 Å². The van der Waals surface area contributed by atoms with Crippen LogP contribution in [0.15, 0.2) is 60.7 Å². The summed E-state index contributed by atoms with van der Waals surface area (Å²) in [6.45, 7) is 1.96. The van der Waals surface area contributed by atoms with E-state index in [1.807, 2.05) is 48.5 Å². The molecule has 1 fully saturated rings. The van der Waals surface area contributed by atoms with Crippen molar-refractivity contribution < 1.29 is 9.72 Å². The Morgan fingerprint density at radius 1 is 1.00 bits per heavy atom. The zero-order chi connectivity index (χ0) is 20.6. The monoisotopic (exact) mass is 393 g/mol. The number of hydrogen-bond acceptors (Lipinski definition) is 3. The highest BCUT2D eigenvalue weighted by molar-refractivity contribution is 5.98. The van der Waals surface area contributed by atoms with Gasteiger partial charge < -0.3 is 0 Å². The molecule has 0 aliphatic heterocycles. The molecule has 1 aliphatic carbocycles. The van der Waals surface area contributed by atoms with Crippen LogP contribution in [0.25, 0.3) is 0 Å². The lowest BCUT2D eigenvalue weighted by molar-refractivity contribution is -0.491. The second kappa shape index (κ2) is 10.3. The van der Waals surface area contributed by atoms with E-state index < -0.39 is 0 Å². The number of hydrogen-bond donors (Lipinski definition) is 0. The lowest BCUT2D eigenvalue weighted by atomic mass is 9.65. The molecule has 0 amide bonds. The topological polar surface area (TPSA) is 60.2 Å². The van der Waals surface area contributed by atoms with Gasteiger partial charge in [0.2, 0.25) is 6.54 Å². The van der Waals surface area contributed by atoms with Crippen LogP contribution in [0.4, 0.5) is 0 Å². The average Bonchev–Trinajstić information content (AvgIpc) is 2.77. The maximum absolute atomic E-state index is 13.8. The van der Waals surface area contributed by atoms with Gasteiger partial charge in [0.25, 0.3) is 0 Å². The van der Waals surface area contributed by atoms with Gasteiger partial charge in [-0.15, -0.1) is 0 Å². The summed E-state index contributed by atoms with van der Waals surface area (Å²) in [5.74, 6) is -0.333. The number of ketones is 1. The first-order valence-corrected chi connectivity index (χ1v) is 10.9. The summed E-state index contributed by atoms with van der Waals surface area (Å²) in [6.07, 6.45) is 6.16. The van der Waals surface area contributed by atoms with Crippen LogP contribution in [-0.2, 0) is 0 Å². The molecule has 154 valence electrons. The molecule has 3 atom stereocenters. The van der Waals surface area contributed by atoms with E-state index in [4.69, 9.17) is 0 Å². The lowest BCUT2D eigenvalue weighted by Gasteiger charge is -2.37. The molecule has 1 aliphatic rings. The Labute approximate surface area is 173 Å². The minimum atomic E-state index is -0.377. The molecule has 2 aromatic carbocycles. The van der Waals surface area contributed by atoms with Gasteiger partial charge in [0, 0.05) is 22.3 Å². The molecule has 0 radical (unpaired) electrons. The molecule has 4 nitrogen and oxygen atoms in total. The van der Waals surface area contributed by atoms with Crippen LogP contribution in [0.1, 0.15) is 67.3 Å². The first-order valence-electron chi connectivity index (χ1n) is 10.9. The first kappa shape index (κ1) is 21.2. The molecule has 4 heteroatoms. The Kier molecular flexibility index (Phi) is 7.56. The molecular formula is C25H31NO3. The highest BCUT2D eigenvalue weighted by Crippen LogP contribution is 2.43. The standard InChI is InChI=1S/C25H31NO3/c1-2-22(19-12-6-3-7-13-19)24(25(27)21-16-10-5-11-17-21)23(18-26(28)29)20-14-8-4-9-15-20/h3,5-7,10-13,16-17,20,22-24H,2,4,8-9,14-15,18H2,1H3/t22-,23+,24+/m1/s1. The van der Waals surface area contributed by atoms with Crippen molar-refractivity contribution in [1.82, 2.24) is 0 Å². The van der Waals surface area contributed by atoms with Crippen LogP contribution >= 0.6 is 0 Å². The maximum atomic E-state index is 13.8. The fourth-order valence-electron chi connectivity index (χ4n) is 5.16. The Bertz CT molecular complexity index is 784. The summed E-state index contributed by atoms with van der Waals surface area (Å²) in [4.78, 5) is 25.2. The summed E-state index contributed by atoms with van der Waals surface area (Å²) >= 11 is 0. The molecule has 2 aromatic rings. The van der Waals surface area contributed by atoms with E-state index in [0.29, 0.717) is 5.56 Å². The highest BCUT2D eigenvalue weighted by Gasteiger charge is 2.42. The Morgan fingerprint density at radius 3 is 2.14 bits per heavy atom. The van der Waals surface area contributed by atoms with Gasteiger partial charge in [-0.25, -0.2) is 0 Å². The predicted molar refractivity (Wildman–Crippen MR) is 116 cm³/mol. The minimum Gasteiger partial charge on any atom is -0.294 e. The van der Waals surface area contributed by atoms with Crippen LogP contribution in [0.2, 0.25) is 0 Å². The lowest BCUT2D eigenvalue weighted by Crippen LogP contribution is -2.39. The Balaban J connectivity index is 2.05. The summed E-state index contributed by atoms with van der Waals surface area (Å²) in [6, 6.07) is 19.4. The molecule has 1 saturated carbocycles. The van der Waals surface area contributed by atoms with Crippen LogP contribution in [-0.4, -0.2) is 17.3 Å². The Morgan fingerprint density at radius 2 is 1.59 bits per heavy atom. The Hall–Kier alpha value is -2.49. The number of carbonyl (C=O) groups excluding carboxylic acids is 1. The molecule has 0 N–H and O–H groups in total. The van der Waals surface area contributed by atoms with Gasteiger partial charge in [0.05, 0.1) is 0 Å². The first-order chi connectivity index (χ1) is 14.1. The third-order valence-corrected chi connectivity index (χ3v) is 6.54. The van der Waals surface area contributed by atoms with E-state index in [0.717, 1.165) is 37.7 Å². The van der Waals surface area contributed by atoms with E-state index in [2.05, 4.69) is 19.1 Å². The molecule has 0 heterocycles. The molecule has 0 unspecified atom stereocenters. The summed E-state index contributed by atoms with van der Waals surface area (Å²) in [5.41, 5.74) is 1.77. The molecule has 3 rings (SSSR count). The SMILES string of the molecule is CC[C@H](c1ccccc1)[C@H](C(=O)c1ccccc1)[C@@H](C[N+](=O)[O-])C1CCCCC1. The van der Waals surface area contributed by atoms with Crippen LogP contribution in [0.3, 0.4) is 0 Å². The van der Waals surface area contributed by atoms with Crippen LogP contribution < -0.4 is 0 Å². The summed E-state index contributed by atoms with van der Waals surface area (Å²) in [5, 5.41) is 11.7. The van der Waals surface area contributed by atoms with Crippen molar-refractivity contribution in [3.63, 3.8) is 0 Å². The van der Waals surface area contributed by atoms with Crippen molar-refractivity contribution in [2.24, 2.45) is 17.8 Å². The smallest absolute Gasteiger partial charge is 0.207 e. The van der Waals surface area contributed by atoms with E-state index in [1.165, 1.54) is 6.42 Å². The molecule has 29 heavy (non-hydrogen) atoms. The third-order valence-electron chi connectivity index (χ3n) is 6.54. The van der Waals surface area contributed by atoms with E-state index in [1.54, 1.807) is 0 Å². The summed E-state index contributed by atoms with van der Waals surface area (Å²) < 4.78 is 0. The van der Waals surface area contributed by atoms with Gasteiger partial charge >= 0.3 is 0 Å². The number of carbonyl (C=O) groups is 1. The second-order valence-corrected chi connectivity index (χ2v) is 8.26. The van der Waals surface area contributed by atoms with Gasteiger partial charge in [-0.05, 0) is 36.7 Å². The van der Waals surface area contributed by atoms with Gasteiger partial charge in [-0.1, -0.05) is 86.8 Å². The van der Waals surface area contributed by atoms with Crippen LogP contribution in [0, 0.1) is 27.9 Å². The van der Waals surface area contributed by atoms with E-state index in [-0.39, 0.29) is 40.9 Å². The van der Waals surface area contributed by atoms with Gasteiger partial charge in [0.15, 0.2) is 5.78 Å². The van der Waals surface area contributed by atoms with E-state index >= 15 is 0 Å². The summed E-state index contributed by atoms with van der Waals surface area (Å²) in [7, 11) is 0. The zero-order valence-corrected chi connectivity index (χ0v) is 17.2.